The average Bonchev–Trinajstić information content (AvgIpc) is 3.16. The third-order valence-corrected chi connectivity index (χ3v) is 5.85. The predicted octanol–water partition coefficient (Wildman–Crippen LogP) is 4.22. The zero-order valence-corrected chi connectivity index (χ0v) is 18.5. The van der Waals surface area contributed by atoms with Crippen molar-refractivity contribution in [3.05, 3.63) is 58.7 Å². The Hall–Kier alpha value is -3.46. The van der Waals surface area contributed by atoms with Crippen molar-refractivity contribution in [2.24, 2.45) is 0 Å². The van der Waals surface area contributed by atoms with E-state index in [1.807, 2.05) is 25.1 Å². The lowest BCUT2D eigenvalue weighted by Gasteiger charge is -2.32. The molecule has 1 N–H and O–H groups in total. The average molecular weight is 458 g/mol. The molecule has 3 aromatic rings. The molecule has 4 rings (SSSR count). The van der Waals surface area contributed by atoms with Gasteiger partial charge in [0, 0.05) is 23.9 Å². The largest absolute Gasteiger partial charge is 0.465 e. The number of aryl methyl sites for hydroxylation is 1. The number of halogens is 2. The van der Waals surface area contributed by atoms with Gasteiger partial charge in [0.1, 0.15) is 11.6 Å². The molecule has 2 aromatic carbocycles. The van der Waals surface area contributed by atoms with Gasteiger partial charge in [-0.15, -0.1) is 0 Å². The van der Waals surface area contributed by atoms with Crippen molar-refractivity contribution in [3.63, 3.8) is 0 Å². The molecule has 174 valence electrons. The van der Waals surface area contributed by atoms with Crippen LogP contribution in [0.4, 0.5) is 13.6 Å². The summed E-state index contributed by atoms with van der Waals surface area (Å²) in [5.74, 6) is -2.60. The maximum Gasteiger partial charge on any atom is 0.409 e. The van der Waals surface area contributed by atoms with E-state index in [0.29, 0.717) is 25.1 Å². The zero-order valence-electron chi connectivity index (χ0n) is 18.5. The van der Waals surface area contributed by atoms with Crippen LogP contribution in [0.2, 0.25) is 0 Å². The minimum absolute atomic E-state index is 0.213. The van der Waals surface area contributed by atoms with Gasteiger partial charge in [0.25, 0.3) is 0 Å². The van der Waals surface area contributed by atoms with Gasteiger partial charge in [-0.3, -0.25) is 0 Å². The molecule has 1 aliphatic heterocycles. The number of nitrogens with zero attached hydrogens (tertiary/aromatic N) is 1. The van der Waals surface area contributed by atoms with Crippen LogP contribution in [0.5, 0.6) is 0 Å². The number of ether oxygens (including phenoxy) is 3. The smallest absolute Gasteiger partial charge is 0.409 e. The van der Waals surface area contributed by atoms with Gasteiger partial charge in [-0.25, -0.2) is 18.4 Å². The molecule has 9 heteroatoms. The number of esters is 1. The van der Waals surface area contributed by atoms with E-state index in [0.717, 1.165) is 35.7 Å². The second-order valence-electron chi connectivity index (χ2n) is 7.90. The van der Waals surface area contributed by atoms with Gasteiger partial charge in [-0.1, -0.05) is 12.1 Å². The monoisotopic (exact) mass is 458 g/mol. The van der Waals surface area contributed by atoms with E-state index in [4.69, 9.17) is 9.47 Å². The highest BCUT2D eigenvalue weighted by Gasteiger charge is 2.29. The number of nitrogens with one attached hydrogen (secondary N) is 1. The lowest BCUT2D eigenvalue weighted by Crippen LogP contribution is -2.46. The third-order valence-electron chi connectivity index (χ3n) is 5.85. The van der Waals surface area contributed by atoms with Crippen LogP contribution in [-0.2, 0) is 20.6 Å². The molecule has 2 heterocycles. The summed E-state index contributed by atoms with van der Waals surface area (Å²) in [6.45, 7) is 2.93. The number of aromatic amines is 1. The number of methoxy groups -OCH3 is 2. The SMILES string of the molecule is COC(=O)c1cc(F)c(-c2[nH]c3cccc(C)c3c2CC2CN(C(=O)OC)CCO2)c(F)c1. The highest BCUT2D eigenvalue weighted by atomic mass is 19.1. The fraction of sp³-hybridized carbons (Fsp3) is 0.333. The van der Waals surface area contributed by atoms with E-state index in [1.54, 1.807) is 4.90 Å². The van der Waals surface area contributed by atoms with Crippen molar-refractivity contribution >= 4 is 23.0 Å². The number of carbonyl (C=O) groups is 2. The fourth-order valence-electron chi connectivity index (χ4n) is 4.34. The summed E-state index contributed by atoms with van der Waals surface area (Å²) in [5, 5.41) is 0.835. The maximum absolute atomic E-state index is 15.1. The summed E-state index contributed by atoms with van der Waals surface area (Å²) in [4.78, 5) is 28.4. The van der Waals surface area contributed by atoms with Crippen molar-refractivity contribution in [2.75, 3.05) is 33.9 Å². The van der Waals surface area contributed by atoms with Crippen LogP contribution in [0, 0.1) is 18.6 Å². The highest BCUT2D eigenvalue weighted by Crippen LogP contribution is 2.37. The summed E-state index contributed by atoms with van der Waals surface area (Å²) < 4.78 is 45.5. The summed E-state index contributed by atoms with van der Waals surface area (Å²) in [6, 6.07) is 7.52. The van der Waals surface area contributed by atoms with Crippen LogP contribution in [-0.4, -0.2) is 62.0 Å². The Bertz CT molecular complexity index is 1200. The molecule has 1 aromatic heterocycles. The van der Waals surface area contributed by atoms with Crippen LogP contribution in [0.25, 0.3) is 22.2 Å². The van der Waals surface area contributed by atoms with E-state index in [2.05, 4.69) is 9.72 Å². The molecule has 0 saturated carbocycles. The molecular weight excluding hydrogens is 434 g/mol. The first-order valence-electron chi connectivity index (χ1n) is 10.5. The molecular formula is C24H24F2N2O5. The molecule has 1 aliphatic rings. The Labute approximate surface area is 189 Å². The second-order valence-corrected chi connectivity index (χ2v) is 7.90. The van der Waals surface area contributed by atoms with Crippen LogP contribution in [0.3, 0.4) is 0 Å². The molecule has 1 fully saturated rings. The lowest BCUT2D eigenvalue weighted by atomic mass is 9.96. The number of aromatic nitrogens is 1. The number of amides is 1. The number of fused-ring (bicyclic) bond motifs is 1. The third kappa shape index (κ3) is 4.28. The molecule has 1 unspecified atom stereocenters. The van der Waals surface area contributed by atoms with E-state index in [9.17, 15) is 9.59 Å². The predicted molar refractivity (Wildman–Crippen MR) is 117 cm³/mol. The number of hydrogen-bond donors (Lipinski definition) is 1. The van der Waals surface area contributed by atoms with Gasteiger partial charge in [-0.2, -0.15) is 0 Å². The summed E-state index contributed by atoms with van der Waals surface area (Å²) in [6.07, 6.45) is -0.532. The number of carbonyl (C=O) groups excluding carboxylic acids is 2. The summed E-state index contributed by atoms with van der Waals surface area (Å²) >= 11 is 0. The van der Waals surface area contributed by atoms with Crippen LogP contribution >= 0.6 is 0 Å². The standard InChI is InChI=1S/C24H24F2N2O5/c1-13-5-4-6-19-20(13)16(11-15-12-28(7-8-33-15)24(30)32-3)22(27-19)21-17(25)9-14(10-18(21)26)23(29)31-2/h4-6,9-10,15,27H,7-8,11-12H2,1-3H3. The maximum atomic E-state index is 15.1. The lowest BCUT2D eigenvalue weighted by molar-refractivity contribution is -0.0235. The first kappa shape index (κ1) is 22.7. The Morgan fingerprint density at radius 3 is 2.58 bits per heavy atom. The Morgan fingerprint density at radius 2 is 1.91 bits per heavy atom. The topological polar surface area (TPSA) is 80.9 Å². The zero-order chi connectivity index (χ0) is 23.7. The Morgan fingerprint density at radius 1 is 1.18 bits per heavy atom. The minimum Gasteiger partial charge on any atom is -0.465 e. The summed E-state index contributed by atoms with van der Waals surface area (Å²) in [7, 11) is 2.46. The van der Waals surface area contributed by atoms with E-state index >= 15 is 8.78 Å². The normalized spacial score (nSPS) is 16.2. The van der Waals surface area contributed by atoms with E-state index < -0.39 is 29.8 Å². The van der Waals surface area contributed by atoms with E-state index in [1.165, 1.54) is 7.11 Å². The number of H-pyrrole nitrogens is 1. The van der Waals surface area contributed by atoms with E-state index in [-0.39, 0.29) is 23.4 Å². The van der Waals surface area contributed by atoms with Crippen molar-refractivity contribution in [2.45, 2.75) is 19.4 Å². The molecule has 1 amide bonds. The van der Waals surface area contributed by atoms with Gasteiger partial charge in [0.2, 0.25) is 0 Å². The second kappa shape index (κ2) is 9.19. The quantitative estimate of drug-likeness (QED) is 0.593. The van der Waals surface area contributed by atoms with Crippen LogP contribution < -0.4 is 0 Å². The molecule has 7 nitrogen and oxygen atoms in total. The number of morpholine rings is 1. The van der Waals surface area contributed by atoms with Crippen molar-refractivity contribution in [1.82, 2.24) is 9.88 Å². The Balaban J connectivity index is 1.81. The minimum atomic E-state index is -0.887. The summed E-state index contributed by atoms with van der Waals surface area (Å²) in [5.41, 5.74) is 2.10. The molecule has 33 heavy (non-hydrogen) atoms. The van der Waals surface area contributed by atoms with Crippen LogP contribution in [0.1, 0.15) is 21.5 Å². The molecule has 0 bridgehead atoms. The first-order valence-corrected chi connectivity index (χ1v) is 10.5. The van der Waals surface area contributed by atoms with Gasteiger partial charge in [0.15, 0.2) is 0 Å². The number of benzene rings is 2. The van der Waals surface area contributed by atoms with Crippen molar-refractivity contribution in [1.29, 1.82) is 0 Å². The van der Waals surface area contributed by atoms with Crippen molar-refractivity contribution in [3.8, 4) is 11.3 Å². The van der Waals surface area contributed by atoms with Gasteiger partial charge >= 0.3 is 12.1 Å². The highest BCUT2D eigenvalue weighted by molar-refractivity contribution is 5.94. The van der Waals surface area contributed by atoms with Gasteiger partial charge < -0.3 is 24.1 Å². The fourth-order valence-corrected chi connectivity index (χ4v) is 4.34. The van der Waals surface area contributed by atoms with Gasteiger partial charge in [0.05, 0.1) is 50.3 Å². The molecule has 0 radical (unpaired) electrons. The molecule has 1 atom stereocenters. The number of hydrogen-bond acceptors (Lipinski definition) is 5. The molecule has 1 saturated heterocycles. The number of rotatable bonds is 4. The van der Waals surface area contributed by atoms with Crippen molar-refractivity contribution < 1.29 is 32.6 Å². The first-order chi connectivity index (χ1) is 15.8. The van der Waals surface area contributed by atoms with Gasteiger partial charge in [-0.05, 0) is 36.2 Å². The Kier molecular flexibility index (Phi) is 6.33. The van der Waals surface area contributed by atoms with Crippen LogP contribution in [0.15, 0.2) is 30.3 Å². The molecule has 0 spiro atoms. The molecule has 0 aliphatic carbocycles.